The van der Waals surface area contributed by atoms with Crippen molar-refractivity contribution in [2.24, 2.45) is 0 Å². The summed E-state index contributed by atoms with van der Waals surface area (Å²) in [5, 5.41) is 4.26. The van der Waals surface area contributed by atoms with Gasteiger partial charge in [-0.25, -0.2) is 0 Å². The first-order chi connectivity index (χ1) is 12.2. The average molecular weight is 404 g/mol. The second-order valence-corrected chi connectivity index (χ2v) is 6.20. The zero-order valence-electron chi connectivity index (χ0n) is 12.9. The molecule has 0 radical (unpaired) electrons. The Morgan fingerprint density at radius 3 is 2.54 bits per heavy atom. The first kappa shape index (κ1) is 18.5. The monoisotopic (exact) mass is 403 g/mol. The topological polar surface area (TPSA) is 60.9 Å². The third-order valence-corrected chi connectivity index (χ3v) is 4.15. The molecule has 136 valence electrons. The van der Waals surface area contributed by atoms with Gasteiger partial charge >= 0.3 is 12.1 Å². The highest BCUT2D eigenvalue weighted by Gasteiger charge is 2.38. The second kappa shape index (κ2) is 7.13. The van der Waals surface area contributed by atoms with E-state index < -0.39 is 17.6 Å². The summed E-state index contributed by atoms with van der Waals surface area (Å²) in [6.07, 6.45) is -2.81. The lowest BCUT2D eigenvalue weighted by atomic mass is 10.1. The van der Waals surface area contributed by atoms with E-state index in [0.29, 0.717) is 23.0 Å². The molecule has 5 nitrogen and oxygen atoms in total. The molecule has 3 rings (SSSR count). The second-order valence-electron chi connectivity index (χ2n) is 5.35. The Balaban J connectivity index is 1.77. The Hall–Kier alpha value is -2.32. The van der Waals surface area contributed by atoms with Crippen LogP contribution in [0, 0.1) is 0 Å². The SMILES string of the molecule is O=c1cc(-c2noc(C(F)(F)F)n2)ccn1CCc1ccc(Cl)cc1Cl. The first-order valence-electron chi connectivity index (χ1n) is 7.30. The molecule has 0 atom stereocenters. The number of benzene rings is 1. The molecule has 0 spiro atoms. The number of hydrogen-bond acceptors (Lipinski definition) is 4. The van der Waals surface area contributed by atoms with Crippen LogP contribution in [0.1, 0.15) is 11.5 Å². The standard InChI is InChI=1S/C16H10Cl2F3N3O2/c17-11-2-1-9(12(18)8-11)3-5-24-6-4-10(7-13(24)25)14-22-15(26-23-14)16(19,20)21/h1-2,4,6-8H,3,5H2. The van der Waals surface area contributed by atoms with Crippen molar-refractivity contribution >= 4 is 23.2 Å². The van der Waals surface area contributed by atoms with Gasteiger partial charge in [-0.1, -0.05) is 34.4 Å². The minimum Gasteiger partial charge on any atom is -0.329 e. The van der Waals surface area contributed by atoms with Crippen LogP contribution in [0.4, 0.5) is 13.2 Å². The molecule has 0 N–H and O–H groups in total. The average Bonchev–Trinajstić information content (AvgIpc) is 3.05. The van der Waals surface area contributed by atoms with Gasteiger partial charge in [-0.15, -0.1) is 0 Å². The van der Waals surface area contributed by atoms with E-state index >= 15 is 0 Å². The highest BCUT2D eigenvalue weighted by molar-refractivity contribution is 6.35. The van der Waals surface area contributed by atoms with E-state index in [2.05, 4.69) is 14.7 Å². The van der Waals surface area contributed by atoms with Crippen LogP contribution in [0.2, 0.25) is 10.0 Å². The molecule has 0 aliphatic heterocycles. The van der Waals surface area contributed by atoms with E-state index in [1.54, 1.807) is 18.2 Å². The minimum absolute atomic E-state index is 0.134. The predicted octanol–water partition coefficient (Wildman–Crippen LogP) is 4.47. The maximum Gasteiger partial charge on any atom is 0.471 e. The Morgan fingerprint density at radius 1 is 1.15 bits per heavy atom. The van der Waals surface area contributed by atoms with Crippen molar-refractivity contribution in [3.05, 3.63) is 68.4 Å². The Kier molecular flexibility index (Phi) is 5.06. The van der Waals surface area contributed by atoms with Gasteiger partial charge in [0, 0.05) is 34.4 Å². The largest absolute Gasteiger partial charge is 0.471 e. The number of halogens is 5. The Morgan fingerprint density at radius 2 is 1.92 bits per heavy atom. The molecule has 0 bridgehead atoms. The van der Waals surface area contributed by atoms with Gasteiger partial charge < -0.3 is 9.09 Å². The van der Waals surface area contributed by atoms with Gasteiger partial charge in [-0.3, -0.25) is 4.79 Å². The summed E-state index contributed by atoms with van der Waals surface area (Å²) in [4.78, 5) is 15.4. The van der Waals surface area contributed by atoms with Crippen LogP contribution in [-0.2, 0) is 19.1 Å². The van der Waals surface area contributed by atoms with Crippen molar-refractivity contribution in [3.63, 3.8) is 0 Å². The summed E-state index contributed by atoms with van der Waals surface area (Å²) in [7, 11) is 0. The van der Waals surface area contributed by atoms with E-state index in [9.17, 15) is 18.0 Å². The molecule has 26 heavy (non-hydrogen) atoms. The molecule has 0 aliphatic rings. The van der Waals surface area contributed by atoms with Gasteiger partial charge in [0.1, 0.15) is 0 Å². The molecular formula is C16H10Cl2F3N3O2. The van der Waals surface area contributed by atoms with Crippen molar-refractivity contribution < 1.29 is 17.7 Å². The van der Waals surface area contributed by atoms with Crippen molar-refractivity contribution in [2.75, 3.05) is 0 Å². The zero-order chi connectivity index (χ0) is 18.9. The summed E-state index contributed by atoms with van der Waals surface area (Å²) < 4.78 is 43.1. The van der Waals surface area contributed by atoms with Crippen LogP contribution in [0.15, 0.2) is 45.8 Å². The van der Waals surface area contributed by atoms with Crippen LogP contribution < -0.4 is 5.56 Å². The molecule has 2 aromatic heterocycles. The van der Waals surface area contributed by atoms with Crippen molar-refractivity contribution in [3.8, 4) is 11.4 Å². The summed E-state index contributed by atoms with van der Waals surface area (Å²) in [6, 6.07) is 7.66. The third kappa shape index (κ3) is 4.08. The van der Waals surface area contributed by atoms with Gasteiger partial charge in [0.15, 0.2) is 0 Å². The van der Waals surface area contributed by atoms with Crippen LogP contribution >= 0.6 is 23.2 Å². The van der Waals surface area contributed by atoms with E-state index in [-0.39, 0.29) is 11.4 Å². The molecule has 0 saturated carbocycles. The molecule has 0 aliphatic carbocycles. The minimum atomic E-state index is -4.74. The lowest BCUT2D eigenvalue weighted by molar-refractivity contribution is -0.159. The summed E-state index contributed by atoms with van der Waals surface area (Å²) in [5.41, 5.74) is 0.543. The first-order valence-corrected chi connectivity index (χ1v) is 8.05. The summed E-state index contributed by atoms with van der Waals surface area (Å²) >= 11 is 11.9. The zero-order valence-corrected chi connectivity index (χ0v) is 14.4. The lowest BCUT2D eigenvalue weighted by Crippen LogP contribution is -2.19. The lowest BCUT2D eigenvalue weighted by Gasteiger charge is -2.08. The fourth-order valence-electron chi connectivity index (χ4n) is 2.25. The number of nitrogens with zero attached hydrogens (tertiary/aromatic N) is 3. The molecule has 0 unspecified atom stereocenters. The highest BCUT2D eigenvalue weighted by Crippen LogP contribution is 2.29. The van der Waals surface area contributed by atoms with E-state index in [1.165, 1.54) is 16.8 Å². The van der Waals surface area contributed by atoms with Gasteiger partial charge in [0.25, 0.3) is 5.56 Å². The van der Waals surface area contributed by atoms with Crippen molar-refractivity contribution in [2.45, 2.75) is 19.1 Å². The molecular weight excluding hydrogens is 394 g/mol. The maximum atomic E-state index is 12.5. The Labute approximate surface area is 155 Å². The van der Waals surface area contributed by atoms with E-state index in [1.807, 2.05) is 0 Å². The molecule has 3 aromatic rings. The number of aromatic nitrogens is 3. The quantitative estimate of drug-likeness (QED) is 0.644. The van der Waals surface area contributed by atoms with E-state index in [4.69, 9.17) is 23.2 Å². The summed E-state index contributed by atoms with van der Waals surface area (Å²) in [5.74, 6) is -1.77. The number of alkyl halides is 3. The van der Waals surface area contributed by atoms with Crippen molar-refractivity contribution in [1.29, 1.82) is 0 Å². The van der Waals surface area contributed by atoms with Crippen molar-refractivity contribution in [1.82, 2.24) is 14.7 Å². The molecule has 2 heterocycles. The maximum absolute atomic E-state index is 12.5. The molecule has 10 heteroatoms. The third-order valence-electron chi connectivity index (χ3n) is 3.56. The molecule has 1 aromatic carbocycles. The van der Waals surface area contributed by atoms with Gasteiger partial charge in [0.05, 0.1) is 0 Å². The number of rotatable bonds is 4. The summed E-state index contributed by atoms with van der Waals surface area (Å²) in [6.45, 7) is 0.334. The Bertz CT molecular complexity index is 999. The van der Waals surface area contributed by atoms with Crippen LogP contribution in [0.3, 0.4) is 0 Å². The van der Waals surface area contributed by atoms with Gasteiger partial charge in [-0.05, 0) is 30.2 Å². The predicted molar refractivity (Wildman–Crippen MR) is 89.2 cm³/mol. The van der Waals surface area contributed by atoms with Gasteiger partial charge in [-0.2, -0.15) is 18.2 Å². The van der Waals surface area contributed by atoms with Crippen LogP contribution in [-0.4, -0.2) is 14.7 Å². The number of pyridine rings is 1. The number of hydrogen-bond donors (Lipinski definition) is 0. The van der Waals surface area contributed by atoms with Gasteiger partial charge in [0.2, 0.25) is 5.82 Å². The molecule has 0 fully saturated rings. The normalized spacial score (nSPS) is 11.7. The van der Waals surface area contributed by atoms with E-state index in [0.717, 1.165) is 11.6 Å². The fourth-order valence-corrected chi connectivity index (χ4v) is 2.76. The smallest absolute Gasteiger partial charge is 0.329 e. The molecule has 0 saturated heterocycles. The highest BCUT2D eigenvalue weighted by atomic mass is 35.5. The van der Waals surface area contributed by atoms with Crippen LogP contribution in [0.5, 0.6) is 0 Å². The van der Waals surface area contributed by atoms with Crippen LogP contribution in [0.25, 0.3) is 11.4 Å². The fraction of sp³-hybridized carbons (Fsp3) is 0.188. The number of aryl methyl sites for hydroxylation is 2. The molecule has 0 amide bonds.